The number of nitrogens with zero attached hydrogens (tertiary/aromatic N) is 2. The first-order valence-corrected chi connectivity index (χ1v) is 9.74. The molecule has 1 fully saturated rings. The van der Waals surface area contributed by atoms with Crippen molar-refractivity contribution < 1.29 is 14.2 Å². The Morgan fingerprint density at radius 2 is 1.86 bits per heavy atom. The molecule has 152 valence electrons. The van der Waals surface area contributed by atoms with Gasteiger partial charge in [-0.25, -0.2) is 4.39 Å². The zero-order chi connectivity index (χ0) is 20.2. The largest absolute Gasteiger partial charge is 0.491 e. The fraction of sp³-hybridized carbons (Fsp3) is 0.318. The molecule has 0 aliphatic carbocycles. The van der Waals surface area contributed by atoms with Crippen LogP contribution in [0.3, 0.4) is 0 Å². The van der Waals surface area contributed by atoms with Gasteiger partial charge >= 0.3 is 0 Å². The second-order valence-electron chi connectivity index (χ2n) is 7.28. The number of H-pyrrole nitrogens is 1. The van der Waals surface area contributed by atoms with Gasteiger partial charge in [-0.15, -0.1) is 0 Å². The predicted octanol–water partition coefficient (Wildman–Crippen LogP) is 2.23. The lowest BCUT2D eigenvalue weighted by Gasteiger charge is -2.36. The molecule has 1 aromatic heterocycles. The normalized spacial score (nSPS) is 16.1. The van der Waals surface area contributed by atoms with Gasteiger partial charge in [0.15, 0.2) is 0 Å². The minimum atomic E-state index is -0.624. The topological polar surface area (TPSA) is 68.8 Å². The van der Waals surface area contributed by atoms with Crippen LogP contribution in [0, 0.1) is 5.82 Å². The number of para-hydroxylation sites is 1. The molecule has 0 spiro atoms. The number of hydrogen-bond donors (Lipinski definition) is 2. The van der Waals surface area contributed by atoms with Crippen LogP contribution in [0.5, 0.6) is 5.75 Å². The fourth-order valence-electron chi connectivity index (χ4n) is 3.64. The average molecular weight is 397 g/mol. The van der Waals surface area contributed by atoms with E-state index in [2.05, 4.69) is 9.88 Å². The van der Waals surface area contributed by atoms with Gasteiger partial charge in [0.2, 0.25) is 5.56 Å². The van der Waals surface area contributed by atoms with Crippen LogP contribution in [0.1, 0.15) is 0 Å². The van der Waals surface area contributed by atoms with Crippen LogP contribution >= 0.6 is 0 Å². The summed E-state index contributed by atoms with van der Waals surface area (Å²) in [5.74, 6) is 0.446. The number of fused-ring (bicyclic) bond motifs is 1. The molecule has 4 rings (SSSR count). The van der Waals surface area contributed by atoms with Gasteiger partial charge in [0.25, 0.3) is 0 Å². The summed E-state index contributed by atoms with van der Waals surface area (Å²) in [6.07, 6.45) is -0.624. The van der Waals surface area contributed by atoms with E-state index in [1.807, 2.05) is 17.0 Å². The monoisotopic (exact) mass is 397 g/mol. The number of halogens is 1. The van der Waals surface area contributed by atoms with Gasteiger partial charge in [-0.1, -0.05) is 12.1 Å². The third-order valence-electron chi connectivity index (χ3n) is 5.17. The zero-order valence-corrected chi connectivity index (χ0v) is 16.1. The summed E-state index contributed by atoms with van der Waals surface area (Å²) in [6, 6.07) is 15.4. The number of aromatic amines is 1. The molecule has 2 aromatic carbocycles. The van der Waals surface area contributed by atoms with Crippen molar-refractivity contribution in [2.24, 2.45) is 0 Å². The number of aliphatic hydroxyl groups is 1. The second kappa shape index (κ2) is 8.63. The van der Waals surface area contributed by atoms with Crippen LogP contribution in [0.2, 0.25) is 0 Å². The first kappa shape index (κ1) is 19.4. The minimum absolute atomic E-state index is 0.142. The van der Waals surface area contributed by atoms with Crippen LogP contribution in [-0.2, 0) is 0 Å². The maximum atomic E-state index is 13.9. The van der Waals surface area contributed by atoms with E-state index < -0.39 is 6.10 Å². The lowest BCUT2D eigenvalue weighted by Crippen LogP contribution is -2.49. The van der Waals surface area contributed by atoms with Crippen LogP contribution in [0.15, 0.2) is 59.4 Å². The smallest absolute Gasteiger partial charge is 0.248 e. The summed E-state index contributed by atoms with van der Waals surface area (Å²) in [6.45, 7) is 3.65. The molecule has 0 bridgehead atoms. The van der Waals surface area contributed by atoms with Crippen LogP contribution in [0.25, 0.3) is 10.9 Å². The number of anilines is 1. The average Bonchev–Trinajstić information content (AvgIpc) is 2.73. The van der Waals surface area contributed by atoms with Gasteiger partial charge in [0.05, 0.1) is 5.69 Å². The molecule has 3 aromatic rings. The Kier molecular flexibility index (Phi) is 5.78. The van der Waals surface area contributed by atoms with E-state index in [4.69, 9.17) is 4.74 Å². The quantitative estimate of drug-likeness (QED) is 0.668. The number of benzene rings is 2. The van der Waals surface area contributed by atoms with E-state index in [0.717, 1.165) is 37.1 Å². The standard InChI is InChI=1S/C22H24FN3O3/c23-19-3-1-2-4-21(19)26-11-9-25(10-12-26)14-17(27)15-29-18-6-7-20-16(13-18)5-8-22(28)24-20/h1-8,13,17,27H,9-12,14-15H2,(H,24,28)/t17-/m1/s1. The van der Waals surface area contributed by atoms with Crippen molar-refractivity contribution in [2.45, 2.75) is 6.10 Å². The Labute approximate surface area is 168 Å². The second-order valence-corrected chi connectivity index (χ2v) is 7.28. The summed E-state index contributed by atoms with van der Waals surface area (Å²) < 4.78 is 19.7. The van der Waals surface area contributed by atoms with E-state index >= 15 is 0 Å². The SMILES string of the molecule is O=c1ccc2cc(OC[C@H](O)CN3CCN(c4ccccc4F)CC3)ccc2[nH]1. The lowest BCUT2D eigenvalue weighted by atomic mass is 10.2. The van der Waals surface area contributed by atoms with Crippen LogP contribution < -0.4 is 15.2 Å². The molecule has 0 saturated carbocycles. The molecule has 2 N–H and O–H groups in total. The van der Waals surface area contributed by atoms with Crippen molar-refractivity contribution in [1.82, 2.24) is 9.88 Å². The highest BCUT2D eigenvalue weighted by Crippen LogP contribution is 2.21. The van der Waals surface area contributed by atoms with E-state index in [0.29, 0.717) is 18.0 Å². The van der Waals surface area contributed by atoms with Crippen molar-refractivity contribution >= 4 is 16.6 Å². The van der Waals surface area contributed by atoms with E-state index in [9.17, 15) is 14.3 Å². The molecule has 7 heteroatoms. The summed E-state index contributed by atoms with van der Waals surface area (Å²) >= 11 is 0. The van der Waals surface area contributed by atoms with Gasteiger partial charge in [0, 0.05) is 49.7 Å². The first-order valence-electron chi connectivity index (χ1n) is 9.74. The van der Waals surface area contributed by atoms with Gasteiger partial charge in [0.1, 0.15) is 24.3 Å². The number of pyridine rings is 1. The van der Waals surface area contributed by atoms with Gasteiger partial charge in [-0.3, -0.25) is 9.69 Å². The molecule has 0 radical (unpaired) electrons. The van der Waals surface area contributed by atoms with Crippen molar-refractivity contribution in [2.75, 3.05) is 44.2 Å². The predicted molar refractivity (Wildman–Crippen MR) is 111 cm³/mol. The number of nitrogens with one attached hydrogen (secondary N) is 1. The van der Waals surface area contributed by atoms with Crippen molar-refractivity contribution in [3.05, 3.63) is 70.8 Å². The fourth-order valence-corrected chi connectivity index (χ4v) is 3.64. The number of rotatable bonds is 6. The van der Waals surface area contributed by atoms with Crippen molar-refractivity contribution in [3.63, 3.8) is 0 Å². The number of β-amino-alcohol motifs (C(OH)–C–C–N with tert-alkyl or cyclic N) is 1. The highest BCUT2D eigenvalue weighted by molar-refractivity contribution is 5.79. The Morgan fingerprint density at radius 3 is 2.66 bits per heavy atom. The summed E-state index contributed by atoms with van der Waals surface area (Å²) in [7, 11) is 0. The third kappa shape index (κ3) is 4.75. The molecule has 6 nitrogen and oxygen atoms in total. The number of ether oxygens (including phenoxy) is 1. The number of aromatic nitrogens is 1. The van der Waals surface area contributed by atoms with Gasteiger partial charge in [-0.2, -0.15) is 0 Å². The molecule has 29 heavy (non-hydrogen) atoms. The highest BCUT2D eigenvalue weighted by Gasteiger charge is 2.21. The van der Waals surface area contributed by atoms with Gasteiger partial charge in [-0.05, 0) is 36.4 Å². The summed E-state index contributed by atoms with van der Waals surface area (Å²) in [5.41, 5.74) is 1.24. The number of aliphatic hydroxyl groups excluding tert-OH is 1. The number of piperazine rings is 1. The Bertz CT molecular complexity index is 1030. The van der Waals surface area contributed by atoms with E-state index in [-0.39, 0.29) is 18.0 Å². The molecule has 1 aliphatic heterocycles. The summed E-state index contributed by atoms with van der Waals surface area (Å²) in [4.78, 5) is 18.3. The molecular formula is C22H24FN3O3. The lowest BCUT2D eigenvalue weighted by molar-refractivity contribution is 0.0663. The minimum Gasteiger partial charge on any atom is -0.491 e. The highest BCUT2D eigenvalue weighted by atomic mass is 19.1. The molecule has 1 aliphatic rings. The van der Waals surface area contributed by atoms with Crippen molar-refractivity contribution in [1.29, 1.82) is 0 Å². The van der Waals surface area contributed by atoms with E-state index in [1.165, 1.54) is 12.1 Å². The summed E-state index contributed by atoms with van der Waals surface area (Å²) in [5, 5.41) is 11.2. The Morgan fingerprint density at radius 1 is 1.07 bits per heavy atom. The molecule has 0 unspecified atom stereocenters. The van der Waals surface area contributed by atoms with Crippen LogP contribution in [0.4, 0.5) is 10.1 Å². The zero-order valence-electron chi connectivity index (χ0n) is 16.1. The Balaban J connectivity index is 1.26. The first-order chi connectivity index (χ1) is 14.1. The molecule has 1 saturated heterocycles. The molecular weight excluding hydrogens is 373 g/mol. The van der Waals surface area contributed by atoms with E-state index in [1.54, 1.807) is 30.3 Å². The van der Waals surface area contributed by atoms with Crippen molar-refractivity contribution in [3.8, 4) is 5.75 Å². The Hall–Kier alpha value is -2.90. The molecule has 2 heterocycles. The number of hydrogen-bond acceptors (Lipinski definition) is 5. The van der Waals surface area contributed by atoms with Crippen LogP contribution in [-0.4, -0.2) is 60.4 Å². The third-order valence-corrected chi connectivity index (χ3v) is 5.17. The van der Waals surface area contributed by atoms with Gasteiger partial charge < -0.3 is 19.7 Å². The maximum Gasteiger partial charge on any atom is 0.248 e. The maximum absolute atomic E-state index is 13.9. The molecule has 1 atom stereocenters. The molecule has 0 amide bonds.